The van der Waals surface area contributed by atoms with Gasteiger partial charge in [0, 0.05) is 23.4 Å². The van der Waals surface area contributed by atoms with Gasteiger partial charge < -0.3 is 5.73 Å². The van der Waals surface area contributed by atoms with Gasteiger partial charge in [0.05, 0.1) is 5.69 Å². The summed E-state index contributed by atoms with van der Waals surface area (Å²) in [6.07, 6.45) is 5.20. The minimum absolute atomic E-state index is 0.652. The predicted octanol–water partition coefficient (Wildman–Crippen LogP) is 1.85. The second-order valence-corrected chi connectivity index (χ2v) is 4.49. The summed E-state index contributed by atoms with van der Waals surface area (Å²) in [5, 5.41) is 7.60. The Balaban J connectivity index is 2.04. The first-order valence-electron chi connectivity index (χ1n) is 6.08. The number of aromatic amines is 1. The van der Waals surface area contributed by atoms with Crippen molar-refractivity contribution < 1.29 is 0 Å². The monoisotopic (exact) mass is 228 g/mol. The van der Waals surface area contributed by atoms with Crippen LogP contribution in [-0.4, -0.2) is 21.7 Å². The molecule has 0 bridgehead atoms. The Morgan fingerprint density at radius 2 is 2.24 bits per heavy atom. The van der Waals surface area contributed by atoms with E-state index in [0.29, 0.717) is 12.5 Å². The summed E-state index contributed by atoms with van der Waals surface area (Å²) < 4.78 is 0. The van der Waals surface area contributed by atoms with Crippen LogP contribution in [-0.2, 0) is 6.42 Å². The van der Waals surface area contributed by atoms with Crippen molar-refractivity contribution in [3.63, 3.8) is 0 Å². The Kier molecular flexibility index (Phi) is 2.65. The van der Waals surface area contributed by atoms with Crippen molar-refractivity contribution in [2.24, 2.45) is 5.73 Å². The number of nitrogens with one attached hydrogen (secondary N) is 1. The summed E-state index contributed by atoms with van der Waals surface area (Å²) in [5.41, 5.74) is 10.1. The van der Waals surface area contributed by atoms with Gasteiger partial charge in [0.1, 0.15) is 5.69 Å². The zero-order valence-electron chi connectivity index (χ0n) is 9.69. The fraction of sp³-hybridized carbons (Fsp3) is 0.385. The predicted molar refractivity (Wildman–Crippen MR) is 66.6 cm³/mol. The molecular formula is C13H16N4. The average Bonchev–Trinajstić information content (AvgIpc) is 3.13. The van der Waals surface area contributed by atoms with Crippen LogP contribution < -0.4 is 5.73 Å². The second-order valence-electron chi connectivity index (χ2n) is 4.49. The molecule has 17 heavy (non-hydrogen) atoms. The van der Waals surface area contributed by atoms with Crippen LogP contribution in [0.15, 0.2) is 24.4 Å². The van der Waals surface area contributed by atoms with Crippen molar-refractivity contribution in [2.45, 2.75) is 25.2 Å². The molecule has 0 radical (unpaired) electrons. The van der Waals surface area contributed by atoms with E-state index < -0.39 is 0 Å². The van der Waals surface area contributed by atoms with Gasteiger partial charge in [-0.1, -0.05) is 6.07 Å². The molecule has 88 valence electrons. The van der Waals surface area contributed by atoms with Gasteiger partial charge in [-0.15, -0.1) is 0 Å². The fourth-order valence-electron chi connectivity index (χ4n) is 2.20. The van der Waals surface area contributed by atoms with Gasteiger partial charge in [0.15, 0.2) is 0 Å². The molecule has 0 aliphatic heterocycles. The normalized spacial score (nSPS) is 15.1. The Labute approximate surface area is 100 Å². The van der Waals surface area contributed by atoms with Crippen LogP contribution in [0.4, 0.5) is 0 Å². The van der Waals surface area contributed by atoms with Crippen LogP contribution in [0.5, 0.6) is 0 Å². The van der Waals surface area contributed by atoms with E-state index in [1.54, 1.807) is 6.20 Å². The number of nitrogens with two attached hydrogens (primary N) is 1. The quantitative estimate of drug-likeness (QED) is 0.839. The summed E-state index contributed by atoms with van der Waals surface area (Å²) in [6, 6.07) is 5.90. The zero-order chi connectivity index (χ0) is 11.7. The Bertz CT molecular complexity index is 499. The molecular weight excluding hydrogens is 212 g/mol. The SMILES string of the molecule is NCCc1c(-c2ccccn2)n[nH]c1C1CC1. The van der Waals surface area contributed by atoms with Crippen LogP contribution in [0.25, 0.3) is 11.4 Å². The molecule has 1 fully saturated rings. The van der Waals surface area contributed by atoms with Gasteiger partial charge in [-0.25, -0.2) is 0 Å². The molecule has 2 aromatic rings. The van der Waals surface area contributed by atoms with Crippen LogP contribution in [0.1, 0.15) is 30.0 Å². The molecule has 0 atom stereocenters. The van der Waals surface area contributed by atoms with E-state index in [9.17, 15) is 0 Å². The number of hydrogen-bond donors (Lipinski definition) is 2. The van der Waals surface area contributed by atoms with Gasteiger partial charge in [0.25, 0.3) is 0 Å². The number of nitrogens with zero attached hydrogens (tertiary/aromatic N) is 2. The fourth-order valence-corrected chi connectivity index (χ4v) is 2.20. The third kappa shape index (κ3) is 1.96. The maximum atomic E-state index is 5.69. The third-order valence-electron chi connectivity index (χ3n) is 3.19. The van der Waals surface area contributed by atoms with Crippen molar-refractivity contribution >= 4 is 0 Å². The lowest BCUT2D eigenvalue weighted by atomic mass is 10.0. The summed E-state index contributed by atoms with van der Waals surface area (Å²) >= 11 is 0. The van der Waals surface area contributed by atoms with E-state index in [-0.39, 0.29) is 0 Å². The van der Waals surface area contributed by atoms with Crippen molar-refractivity contribution in [1.82, 2.24) is 15.2 Å². The van der Waals surface area contributed by atoms with E-state index in [4.69, 9.17) is 5.73 Å². The smallest absolute Gasteiger partial charge is 0.114 e. The highest BCUT2D eigenvalue weighted by Crippen LogP contribution is 2.42. The van der Waals surface area contributed by atoms with Crippen molar-refractivity contribution in [1.29, 1.82) is 0 Å². The maximum Gasteiger partial charge on any atom is 0.114 e. The molecule has 1 saturated carbocycles. The van der Waals surface area contributed by atoms with E-state index in [1.807, 2.05) is 18.2 Å². The second kappa shape index (κ2) is 4.30. The zero-order valence-corrected chi connectivity index (χ0v) is 9.69. The van der Waals surface area contributed by atoms with E-state index in [1.165, 1.54) is 24.1 Å². The number of hydrogen-bond acceptors (Lipinski definition) is 3. The van der Waals surface area contributed by atoms with Gasteiger partial charge in [-0.05, 0) is 37.9 Å². The molecule has 0 spiro atoms. The molecule has 0 saturated heterocycles. The van der Waals surface area contributed by atoms with Gasteiger partial charge in [-0.2, -0.15) is 5.10 Å². The van der Waals surface area contributed by atoms with Crippen LogP contribution in [0.3, 0.4) is 0 Å². The lowest BCUT2D eigenvalue weighted by Gasteiger charge is -2.03. The lowest BCUT2D eigenvalue weighted by molar-refractivity contribution is 0.914. The molecule has 1 aliphatic rings. The summed E-state index contributed by atoms with van der Waals surface area (Å²) in [7, 11) is 0. The Morgan fingerprint density at radius 3 is 2.88 bits per heavy atom. The number of H-pyrrole nitrogens is 1. The maximum absolute atomic E-state index is 5.69. The molecule has 3 N–H and O–H groups in total. The molecule has 0 aromatic carbocycles. The third-order valence-corrected chi connectivity index (χ3v) is 3.19. The molecule has 2 aromatic heterocycles. The number of rotatable bonds is 4. The molecule has 3 rings (SSSR count). The van der Waals surface area contributed by atoms with Crippen molar-refractivity contribution in [2.75, 3.05) is 6.54 Å². The van der Waals surface area contributed by atoms with Gasteiger partial charge in [0.2, 0.25) is 0 Å². The summed E-state index contributed by atoms with van der Waals surface area (Å²) in [6.45, 7) is 0.652. The molecule has 4 nitrogen and oxygen atoms in total. The standard InChI is InChI=1S/C13H16N4/c14-7-6-10-12(9-4-5-9)16-17-13(10)11-3-1-2-8-15-11/h1-3,8-9H,4-7,14H2,(H,16,17). The Hall–Kier alpha value is -1.68. The van der Waals surface area contributed by atoms with E-state index >= 15 is 0 Å². The molecule has 0 amide bonds. The largest absolute Gasteiger partial charge is 0.330 e. The lowest BCUT2D eigenvalue weighted by Crippen LogP contribution is -2.05. The first-order valence-corrected chi connectivity index (χ1v) is 6.08. The summed E-state index contributed by atoms with van der Waals surface area (Å²) in [5.74, 6) is 0.668. The van der Waals surface area contributed by atoms with Gasteiger partial charge >= 0.3 is 0 Å². The molecule has 2 heterocycles. The van der Waals surface area contributed by atoms with Crippen molar-refractivity contribution in [3.05, 3.63) is 35.7 Å². The highest BCUT2D eigenvalue weighted by molar-refractivity contribution is 5.60. The Morgan fingerprint density at radius 1 is 1.35 bits per heavy atom. The van der Waals surface area contributed by atoms with Crippen molar-refractivity contribution in [3.8, 4) is 11.4 Å². The minimum atomic E-state index is 0.652. The highest BCUT2D eigenvalue weighted by Gasteiger charge is 2.29. The number of aromatic nitrogens is 3. The van der Waals surface area contributed by atoms with Crippen LogP contribution in [0, 0.1) is 0 Å². The average molecular weight is 228 g/mol. The molecule has 4 heteroatoms. The molecule has 0 unspecified atom stereocenters. The van der Waals surface area contributed by atoms with E-state index in [0.717, 1.165) is 17.8 Å². The summed E-state index contributed by atoms with van der Waals surface area (Å²) in [4.78, 5) is 4.36. The van der Waals surface area contributed by atoms with E-state index in [2.05, 4.69) is 15.2 Å². The first kappa shape index (κ1) is 10.5. The highest BCUT2D eigenvalue weighted by atomic mass is 15.1. The first-order chi connectivity index (χ1) is 8.40. The van der Waals surface area contributed by atoms with Crippen LogP contribution in [0.2, 0.25) is 0 Å². The van der Waals surface area contributed by atoms with Crippen LogP contribution >= 0.6 is 0 Å². The molecule has 1 aliphatic carbocycles. The minimum Gasteiger partial charge on any atom is -0.330 e. The number of pyridine rings is 1. The topological polar surface area (TPSA) is 67.6 Å². The van der Waals surface area contributed by atoms with Gasteiger partial charge in [-0.3, -0.25) is 10.1 Å².